The lowest BCUT2D eigenvalue weighted by Crippen LogP contribution is -1.62. The molecule has 1 aliphatic rings. The van der Waals surface area contributed by atoms with Crippen molar-refractivity contribution in [1.82, 2.24) is 0 Å². The van der Waals surface area contributed by atoms with E-state index in [4.69, 9.17) is 23.2 Å². The van der Waals surface area contributed by atoms with Crippen LogP contribution in [0.1, 0.15) is 0 Å². The van der Waals surface area contributed by atoms with E-state index in [1.807, 2.05) is 0 Å². The van der Waals surface area contributed by atoms with Gasteiger partial charge in [-0.1, -0.05) is 29.8 Å². The summed E-state index contributed by atoms with van der Waals surface area (Å²) in [6, 6.07) is 0. The van der Waals surface area contributed by atoms with E-state index >= 15 is 0 Å². The molecule has 1 rings (SSSR count). The van der Waals surface area contributed by atoms with Crippen LogP contribution in [0.2, 0.25) is 0 Å². The van der Waals surface area contributed by atoms with Gasteiger partial charge in [0, 0.05) is 10.1 Å². The lowest BCUT2D eigenvalue weighted by atomic mass is 10.3. The molecule has 0 atom stereocenters. The van der Waals surface area contributed by atoms with Gasteiger partial charge in [-0.2, -0.15) is 0 Å². The van der Waals surface area contributed by atoms with Crippen molar-refractivity contribution in [2.45, 2.75) is 0 Å². The van der Waals surface area contributed by atoms with Gasteiger partial charge in [-0.05, 0) is 17.7 Å². The molecule has 0 spiro atoms. The Hall–Kier alpha value is -0.200. The first-order chi connectivity index (χ1) is 3.70. The van der Waals surface area contributed by atoms with Crippen molar-refractivity contribution < 1.29 is 0 Å². The molecule has 0 nitrogen and oxygen atoms in total. The Kier molecular flexibility index (Phi) is 1.45. The molecule has 0 aliphatic heterocycles. The summed E-state index contributed by atoms with van der Waals surface area (Å²) in [5.41, 5.74) is 0.789. The normalized spacial score (nSPS) is 18.5. The molecule has 0 saturated carbocycles. The molecule has 0 fully saturated rings. The molecular weight excluding hydrogens is 143 g/mol. The summed E-state index contributed by atoms with van der Waals surface area (Å²) < 4.78 is 0. The predicted molar refractivity (Wildman–Crippen MR) is 37.0 cm³/mol. The van der Waals surface area contributed by atoms with Gasteiger partial charge in [0.2, 0.25) is 0 Å². The third-order valence-electron chi connectivity index (χ3n) is 0.883. The van der Waals surface area contributed by atoms with Gasteiger partial charge >= 0.3 is 0 Å². The van der Waals surface area contributed by atoms with Crippen LogP contribution in [-0.4, -0.2) is 0 Å². The summed E-state index contributed by atoms with van der Waals surface area (Å²) >= 11 is 11.1. The van der Waals surface area contributed by atoms with Crippen LogP contribution >= 0.6 is 23.2 Å². The Morgan fingerprint density at radius 1 is 1.25 bits per heavy atom. The van der Waals surface area contributed by atoms with Crippen LogP contribution in [-0.2, 0) is 0 Å². The molecule has 0 unspecified atom stereocenters. The van der Waals surface area contributed by atoms with Crippen molar-refractivity contribution in [3.8, 4) is 0 Å². The van der Waals surface area contributed by atoms with Gasteiger partial charge in [0.1, 0.15) is 0 Å². The number of rotatable bonds is 0. The summed E-state index contributed by atoms with van der Waals surface area (Å²) in [7, 11) is 0. The quantitative estimate of drug-likeness (QED) is 0.494. The molecule has 0 N–H and O–H groups in total. The van der Waals surface area contributed by atoms with Crippen molar-refractivity contribution in [2.24, 2.45) is 0 Å². The highest BCUT2D eigenvalue weighted by Gasteiger charge is 2.04. The standard InChI is InChI=1S/C6H4Cl2/c1-4-2-5(7)3-6(4)8/h2-3H,1H2. The van der Waals surface area contributed by atoms with Gasteiger partial charge in [-0.15, -0.1) is 0 Å². The monoisotopic (exact) mass is 146 g/mol. The van der Waals surface area contributed by atoms with E-state index in [1.54, 1.807) is 12.2 Å². The van der Waals surface area contributed by atoms with E-state index in [2.05, 4.69) is 6.58 Å². The minimum atomic E-state index is 0.634. The number of halogens is 2. The zero-order valence-electron chi connectivity index (χ0n) is 4.12. The van der Waals surface area contributed by atoms with E-state index < -0.39 is 0 Å². The van der Waals surface area contributed by atoms with Gasteiger partial charge < -0.3 is 0 Å². The summed E-state index contributed by atoms with van der Waals surface area (Å²) in [5, 5.41) is 1.29. The van der Waals surface area contributed by atoms with E-state index in [-0.39, 0.29) is 0 Å². The molecular formula is C6H4Cl2. The third kappa shape index (κ3) is 0.960. The topological polar surface area (TPSA) is 0 Å². The van der Waals surface area contributed by atoms with Gasteiger partial charge in [-0.3, -0.25) is 0 Å². The minimum absolute atomic E-state index is 0.634. The molecule has 0 amide bonds. The fraction of sp³-hybridized carbons (Fsp3) is 0. The Morgan fingerprint density at radius 2 is 1.88 bits per heavy atom. The Labute approximate surface area is 58.1 Å². The van der Waals surface area contributed by atoms with E-state index in [9.17, 15) is 0 Å². The zero-order valence-corrected chi connectivity index (χ0v) is 5.63. The number of allylic oxidation sites excluding steroid dienone is 5. The van der Waals surface area contributed by atoms with Gasteiger partial charge in [0.25, 0.3) is 0 Å². The summed E-state index contributed by atoms with van der Waals surface area (Å²) in [5.74, 6) is 0. The van der Waals surface area contributed by atoms with E-state index in [0.717, 1.165) is 5.57 Å². The van der Waals surface area contributed by atoms with Gasteiger partial charge in [0.05, 0.1) is 0 Å². The second kappa shape index (κ2) is 1.96. The molecule has 0 radical (unpaired) electrons. The zero-order chi connectivity index (χ0) is 6.15. The van der Waals surface area contributed by atoms with Crippen LogP contribution in [0.3, 0.4) is 0 Å². The second-order valence-electron chi connectivity index (χ2n) is 1.55. The largest absolute Gasteiger partial charge is 0.0902 e. The van der Waals surface area contributed by atoms with Crippen LogP contribution in [0.4, 0.5) is 0 Å². The van der Waals surface area contributed by atoms with Crippen molar-refractivity contribution in [2.75, 3.05) is 0 Å². The molecule has 0 aromatic carbocycles. The molecule has 1 aliphatic carbocycles. The maximum Gasteiger partial charge on any atom is 0.0487 e. The first-order valence-corrected chi connectivity index (χ1v) is 2.89. The van der Waals surface area contributed by atoms with Crippen LogP contribution in [0.15, 0.2) is 34.4 Å². The highest BCUT2D eigenvalue weighted by Crippen LogP contribution is 2.26. The fourth-order valence-corrected chi connectivity index (χ4v) is 0.960. The third-order valence-corrected chi connectivity index (χ3v) is 1.45. The molecule has 0 heterocycles. The highest BCUT2D eigenvalue weighted by atomic mass is 35.5. The van der Waals surface area contributed by atoms with Crippen LogP contribution in [0.25, 0.3) is 0 Å². The Bertz CT molecular complexity index is 184. The first-order valence-electron chi connectivity index (χ1n) is 2.14. The smallest absolute Gasteiger partial charge is 0.0487 e. The molecule has 42 valence electrons. The lowest BCUT2D eigenvalue weighted by molar-refractivity contribution is 1.79. The average molecular weight is 147 g/mol. The maximum absolute atomic E-state index is 5.58. The van der Waals surface area contributed by atoms with Gasteiger partial charge in [-0.25, -0.2) is 0 Å². The maximum atomic E-state index is 5.58. The Balaban J connectivity index is 2.95. The van der Waals surface area contributed by atoms with Crippen molar-refractivity contribution in [1.29, 1.82) is 0 Å². The molecule has 0 saturated heterocycles. The fourth-order valence-electron chi connectivity index (χ4n) is 0.491. The van der Waals surface area contributed by atoms with Crippen molar-refractivity contribution in [3.05, 3.63) is 34.4 Å². The molecule has 8 heavy (non-hydrogen) atoms. The van der Waals surface area contributed by atoms with Gasteiger partial charge in [0.15, 0.2) is 0 Å². The predicted octanol–water partition coefficient (Wildman–Crippen LogP) is 2.80. The molecule has 0 aromatic rings. The minimum Gasteiger partial charge on any atom is -0.0902 e. The molecule has 0 bridgehead atoms. The Morgan fingerprint density at radius 3 is 2.00 bits per heavy atom. The average Bonchev–Trinajstić information content (AvgIpc) is 1.85. The SMILES string of the molecule is C=C1C=C(Cl)C=C1Cl. The summed E-state index contributed by atoms with van der Waals surface area (Å²) in [6.07, 6.45) is 3.40. The number of hydrogen-bond donors (Lipinski definition) is 0. The van der Waals surface area contributed by atoms with Crippen LogP contribution < -0.4 is 0 Å². The van der Waals surface area contributed by atoms with E-state index in [0.29, 0.717) is 10.1 Å². The molecule has 0 aromatic heterocycles. The first kappa shape index (κ1) is 5.93. The molecule has 2 heteroatoms. The highest BCUT2D eigenvalue weighted by molar-refractivity contribution is 6.38. The van der Waals surface area contributed by atoms with E-state index in [1.165, 1.54) is 0 Å². The summed E-state index contributed by atoms with van der Waals surface area (Å²) in [4.78, 5) is 0. The lowest BCUT2D eigenvalue weighted by Gasteiger charge is -1.83. The van der Waals surface area contributed by atoms with Crippen LogP contribution in [0, 0.1) is 0 Å². The van der Waals surface area contributed by atoms with Crippen LogP contribution in [0.5, 0.6) is 0 Å². The summed E-state index contributed by atoms with van der Waals surface area (Å²) in [6.45, 7) is 3.62. The van der Waals surface area contributed by atoms with Crippen molar-refractivity contribution in [3.63, 3.8) is 0 Å². The second-order valence-corrected chi connectivity index (χ2v) is 2.39. The van der Waals surface area contributed by atoms with Crippen molar-refractivity contribution >= 4 is 23.2 Å². The number of hydrogen-bond acceptors (Lipinski definition) is 0.